The molecule has 0 aromatic heterocycles. The van der Waals surface area contributed by atoms with Crippen molar-refractivity contribution in [1.29, 1.82) is 0 Å². The molecular weight excluding hydrogens is 414 g/mol. The maximum absolute atomic E-state index is 13.0. The Hall–Kier alpha value is -2.99. The Morgan fingerprint density at radius 2 is 1.82 bits per heavy atom. The van der Waals surface area contributed by atoms with Crippen LogP contribution in [0, 0.1) is 5.92 Å². The van der Waals surface area contributed by atoms with Crippen molar-refractivity contribution in [3.8, 4) is 0 Å². The monoisotopic (exact) mass is 443 g/mol. The van der Waals surface area contributed by atoms with E-state index in [0.717, 1.165) is 18.7 Å². The minimum atomic E-state index is -0.553. The van der Waals surface area contributed by atoms with Crippen molar-refractivity contribution in [2.24, 2.45) is 5.92 Å². The molecule has 3 amide bonds. The number of carbonyl (C=O) groups is 3. The Labute approximate surface area is 193 Å². The molecule has 170 valence electrons. The van der Waals surface area contributed by atoms with E-state index in [0.29, 0.717) is 36.4 Å². The van der Waals surface area contributed by atoms with E-state index in [4.69, 9.17) is 0 Å². The van der Waals surface area contributed by atoms with E-state index < -0.39 is 6.04 Å². The fraction of sp³-hybridized carbons (Fsp3) is 0.444. The summed E-state index contributed by atoms with van der Waals surface area (Å²) < 4.78 is 0. The molecule has 0 radical (unpaired) electrons. The molecule has 6 nitrogen and oxygen atoms in total. The molecule has 3 unspecified atom stereocenters. The van der Waals surface area contributed by atoms with Crippen LogP contribution in [0.1, 0.15) is 65.1 Å². The maximum atomic E-state index is 13.0. The van der Waals surface area contributed by atoms with Gasteiger partial charge in [-0.25, -0.2) is 0 Å². The molecule has 4 heterocycles. The lowest BCUT2D eigenvalue weighted by Gasteiger charge is -2.50. The number of benzene rings is 2. The lowest BCUT2D eigenvalue weighted by molar-refractivity contribution is -0.136. The topological polar surface area (TPSA) is 69.7 Å². The standard InChI is InChI=1S/C27H29N3O3/c31-25-11-10-24(26(32)28-25)30-16-20-12-18(7-9-22(20)27(30)33)23-13-21-8-6-19(23)15-29(21)14-17-4-2-1-3-5-17/h1-5,7,9,12,19,21,23-24H,6,8,10-11,13-16H2,(H,28,31,32)/t19?,21-,23?,24?/m1/s1. The first-order valence-electron chi connectivity index (χ1n) is 12.1. The lowest BCUT2D eigenvalue weighted by atomic mass is 9.69. The number of imide groups is 1. The van der Waals surface area contributed by atoms with E-state index in [-0.39, 0.29) is 24.1 Å². The van der Waals surface area contributed by atoms with Crippen molar-refractivity contribution in [3.05, 3.63) is 70.8 Å². The molecule has 4 atom stereocenters. The van der Waals surface area contributed by atoms with Crippen molar-refractivity contribution in [3.63, 3.8) is 0 Å². The van der Waals surface area contributed by atoms with Gasteiger partial charge in [0, 0.05) is 37.7 Å². The van der Waals surface area contributed by atoms with Crippen LogP contribution >= 0.6 is 0 Å². The second-order valence-electron chi connectivity index (χ2n) is 10.1. The quantitative estimate of drug-likeness (QED) is 0.737. The van der Waals surface area contributed by atoms with Gasteiger partial charge < -0.3 is 4.90 Å². The summed E-state index contributed by atoms with van der Waals surface area (Å²) in [5, 5.41) is 2.38. The number of amides is 3. The SMILES string of the molecule is O=C1CCC(N2Cc3cc(C4C[C@H]5CCC4CN5Cc4ccccc4)ccc3C2=O)C(=O)N1. The first kappa shape index (κ1) is 20.6. The van der Waals surface area contributed by atoms with Crippen LogP contribution in [0.3, 0.4) is 0 Å². The molecule has 5 aliphatic rings. The molecule has 1 N–H and O–H groups in total. The number of piperidine rings is 3. The van der Waals surface area contributed by atoms with E-state index in [1.54, 1.807) is 4.90 Å². The van der Waals surface area contributed by atoms with Crippen LogP contribution in [0.4, 0.5) is 0 Å². The fourth-order valence-corrected chi connectivity index (χ4v) is 6.46. The highest BCUT2D eigenvalue weighted by molar-refractivity contribution is 6.05. The Morgan fingerprint density at radius 3 is 2.58 bits per heavy atom. The smallest absolute Gasteiger partial charge is 0.255 e. The van der Waals surface area contributed by atoms with Crippen molar-refractivity contribution >= 4 is 17.7 Å². The molecule has 6 heteroatoms. The summed E-state index contributed by atoms with van der Waals surface area (Å²) >= 11 is 0. The Morgan fingerprint density at radius 1 is 0.970 bits per heavy atom. The van der Waals surface area contributed by atoms with Crippen molar-refractivity contribution in [2.75, 3.05) is 6.54 Å². The van der Waals surface area contributed by atoms with Crippen LogP contribution in [0.25, 0.3) is 0 Å². The number of rotatable bonds is 4. The summed E-state index contributed by atoms with van der Waals surface area (Å²) in [6, 6.07) is 17.1. The molecule has 2 aromatic rings. The number of nitrogens with one attached hydrogen (secondary N) is 1. The van der Waals surface area contributed by atoms with Gasteiger partial charge in [0.15, 0.2) is 0 Å². The molecule has 2 aromatic carbocycles. The first-order valence-corrected chi connectivity index (χ1v) is 12.1. The van der Waals surface area contributed by atoms with Gasteiger partial charge in [0.05, 0.1) is 0 Å². The Balaban J connectivity index is 1.18. The van der Waals surface area contributed by atoms with Gasteiger partial charge in [0.1, 0.15) is 6.04 Å². The highest BCUT2D eigenvalue weighted by Gasteiger charge is 2.42. The normalized spacial score (nSPS) is 29.3. The summed E-state index contributed by atoms with van der Waals surface area (Å²) in [6.07, 6.45) is 4.38. The van der Waals surface area contributed by atoms with Gasteiger partial charge in [-0.15, -0.1) is 0 Å². The molecular formula is C27H29N3O3. The zero-order valence-electron chi connectivity index (χ0n) is 18.7. The first-order chi connectivity index (χ1) is 16.1. The molecule has 7 rings (SSSR count). The fourth-order valence-electron chi connectivity index (χ4n) is 6.46. The average molecular weight is 444 g/mol. The Kier molecular flexibility index (Phi) is 5.06. The predicted molar refractivity (Wildman–Crippen MR) is 123 cm³/mol. The summed E-state index contributed by atoms with van der Waals surface area (Å²) in [5.74, 6) is 0.471. The van der Waals surface area contributed by atoms with Crippen LogP contribution in [-0.4, -0.2) is 46.1 Å². The van der Waals surface area contributed by atoms with Gasteiger partial charge in [-0.05, 0) is 60.3 Å². The van der Waals surface area contributed by atoms with Gasteiger partial charge in [0.25, 0.3) is 5.91 Å². The number of hydrogen-bond acceptors (Lipinski definition) is 4. The highest BCUT2D eigenvalue weighted by atomic mass is 16.2. The second kappa shape index (κ2) is 8.10. The molecule has 33 heavy (non-hydrogen) atoms. The minimum absolute atomic E-state index is 0.0924. The summed E-state index contributed by atoms with van der Waals surface area (Å²) in [6.45, 7) is 2.60. The molecule has 4 fully saturated rings. The third kappa shape index (κ3) is 3.66. The van der Waals surface area contributed by atoms with E-state index in [1.807, 2.05) is 6.07 Å². The second-order valence-corrected chi connectivity index (χ2v) is 10.1. The van der Waals surface area contributed by atoms with Gasteiger partial charge in [-0.1, -0.05) is 42.5 Å². The zero-order valence-corrected chi connectivity index (χ0v) is 18.7. The van der Waals surface area contributed by atoms with E-state index >= 15 is 0 Å². The summed E-state index contributed by atoms with van der Waals surface area (Å²) in [4.78, 5) is 41.1. The molecule has 4 aliphatic heterocycles. The van der Waals surface area contributed by atoms with E-state index in [1.165, 1.54) is 30.4 Å². The van der Waals surface area contributed by atoms with Gasteiger partial charge in [-0.2, -0.15) is 0 Å². The lowest BCUT2D eigenvalue weighted by Crippen LogP contribution is -2.52. The molecule has 1 aliphatic carbocycles. The number of fused-ring (bicyclic) bond motifs is 4. The van der Waals surface area contributed by atoms with E-state index in [9.17, 15) is 14.4 Å². The van der Waals surface area contributed by atoms with Crippen molar-refractivity contribution in [2.45, 2.75) is 63.2 Å². The number of nitrogens with zero attached hydrogens (tertiary/aromatic N) is 2. The summed E-state index contributed by atoms with van der Waals surface area (Å²) in [7, 11) is 0. The maximum Gasteiger partial charge on any atom is 0.255 e. The van der Waals surface area contributed by atoms with Crippen LogP contribution in [0.2, 0.25) is 0 Å². The molecule has 3 saturated heterocycles. The van der Waals surface area contributed by atoms with E-state index in [2.05, 4.69) is 52.7 Å². The minimum Gasteiger partial charge on any atom is -0.322 e. The molecule has 2 bridgehead atoms. The van der Waals surface area contributed by atoms with Crippen molar-refractivity contribution < 1.29 is 14.4 Å². The van der Waals surface area contributed by atoms with Crippen LogP contribution in [0.15, 0.2) is 48.5 Å². The number of hydrogen-bond donors (Lipinski definition) is 1. The van der Waals surface area contributed by atoms with Crippen LogP contribution in [-0.2, 0) is 22.7 Å². The Bertz CT molecular complexity index is 1110. The molecule has 0 spiro atoms. The zero-order chi connectivity index (χ0) is 22.5. The van der Waals surface area contributed by atoms with Crippen LogP contribution < -0.4 is 5.32 Å². The van der Waals surface area contributed by atoms with Gasteiger partial charge >= 0.3 is 0 Å². The highest BCUT2D eigenvalue weighted by Crippen LogP contribution is 2.46. The molecule has 1 saturated carbocycles. The van der Waals surface area contributed by atoms with Gasteiger partial charge in [-0.3, -0.25) is 24.6 Å². The third-order valence-corrected chi connectivity index (χ3v) is 8.16. The number of carbonyl (C=O) groups excluding carboxylic acids is 3. The predicted octanol–water partition coefficient (Wildman–Crippen LogP) is 3.22. The van der Waals surface area contributed by atoms with Crippen molar-refractivity contribution in [1.82, 2.24) is 15.1 Å². The largest absolute Gasteiger partial charge is 0.322 e. The van der Waals surface area contributed by atoms with Crippen LogP contribution in [0.5, 0.6) is 0 Å². The third-order valence-electron chi connectivity index (χ3n) is 8.16. The summed E-state index contributed by atoms with van der Waals surface area (Å²) in [5.41, 5.74) is 4.44. The van der Waals surface area contributed by atoms with Gasteiger partial charge in [0.2, 0.25) is 11.8 Å². The average Bonchev–Trinajstić information content (AvgIpc) is 3.15.